The molecular weight excluding hydrogens is 198 g/mol. The lowest BCUT2D eigenvalue weighted by molar-refractivity contribution is 0.134. The highest BCUT2D eigenvalue weighted by Crippen LogP contribution is 2.12. The number of anilines is 1. The van der Waals surface area contributed by atoms with Crippen LogP contribution in [0.2, 0.25) is 0 Å². The van der Waals surface area contributed by atoms with E-state index in [0.717, 1.165) is 42.7 Å². The van der Waals surface area contributed by atoms with E-state index >= 15 is 0 Å². The molecule has 0 unspecified atom stereocenters. The number of ether oxygens (including phenoxy) is 1. The maximum atomic E-state index is 5.35. The standard InChI is InChI=1S/C9H17N3OS/c1-3-6-13-7-4-5-10-9-12-11-8(2)14-9/h3-7H2,1-2H3,(H,10,12). The van der Waals surface area contributed by atoms with Gasteiger partial charge in [-0.25, -0.2) is 0 Å². The number of aromatic nitrogens is 2. The summed E-state index contributed by atoms with van der Waals surface area (Å²) in [6.07, 6.45) is 2.10. The Morgan fingerprint density at radius 3 is 2.86 bits per heavy atom. The molecule has 0 aliphatic rings. The van der Waals surface area contributed by atoms with Crippen LogP contribution in [-0.4, -0.2) is 30.0 Å². The molecule has 0 aliphatic carbocycles. The summed E-state index contributed by atoms with van der Waals surface area (Å²) in [5.74, 6) is 0. The molecule has 0 spiro atoms. The maximum Gasteiger partial charge on any atom is 0.205 e. The third-order valence-corrected chi connectivity index (χ3v) is 2.41. The summed E-state index contributed by atoms with van der Waals surface area (Å²) in [4.78, 5) is 0. The Kier molecular flexibility index (Phi) is 5.47. The molecule has 1 heterocycles. The number of nitrogens with one attached hydrogen (secondary N) is 1. The zero-order valence-corrected chi connectivity index (χ0v) is 9.56. The molecule has 0 aromatic carbocycles. The van der Waals surface area contributed by atoms with Gasteiger partial charge in [0.1, 0.15) is 5.01 Å². The molecule has 0 saturated carbocycles. The van der Waals surface area contributed by atoms with E-state index in [-0.39, 0.29) is 0 Å². The SMILES string of the molecule is CCCOCCCNc1nnc(C)s1. The van der Waals surface area contributed by atoms with Crippen molar-refractivity contribution in [3.8, 4) is 0 Å². The highest BCUT2D eigenvalue weighted by Gasteiger charge is 1.97. The van der Waals surface area contributed by atoms with E-state index in [9.17, 15) is 0 Å². The van der Waals surface area contributed by atoms with Gasteiger partial charge in [-0.1, -0.05) is 18.3 Å². The van der Waals surface area contributed by atoms with E-state index in [4.69, 9.17) is 4.74 Å². The molecule has 0 fully saturated rings. The van der Waals surface area contributed by atoms with Crippen LogP contribution in [0.1, 0.15) is 24.8 Å². The first-order chi connectivity index (χ1) is 6.83. The number of aryl methyl sites for hydroxylation is 1. The Morgan fingerprint density at radius 1 is 1.36 bits per heavy atom. The summed E-state index contributed by atoms with van der Waals surface area (Å²) in [5, 5.41) is 13.0. The van der Waals surface area contributed by atoms with Crippen LogP contribution in [0.5, 0.6) is 0 Å². The first-order valence-electron chi connectivity index (χ1n) is 4.94. The predicted molar refractivity (Wildman–Crippen MR) is 58.9 cm³/mol. The second kappa shape index (κ2) is 6.73. The van der Waals surface area contributed by atoms with E-state index in [0.29, 0.717) is 0 Å². The summed E-state index contributed by atoms with van der Waals surface area (Å²) < 4.78 is 5.35. The topological polar surface area (TPSA) is 47.0 Å². The summed E-state index contributed by atoms with van der Waals surface area (Å²) in [6.45, 7) is 6.64. The van der Waals surface area contributed by atoms with Crippen LogP contribution in [-0.2, 0) is 4.74 Å². The predicted octanol–water partition coefficient (Wildman–Crippen LogP) is 2.08. The Morgan fingerprint density at radius 2 is 2.21 bits per heavy atom. The maximum absolute atomic E-state index is 5.35. The Hall–Kier alpha value is -0.680. The van der Waals surface area contributed by atoms with Crippen molar-refractivity contribution in [1.82, 2.24) is 10.2 Å². The van der Waals surface area contributed by atoms with Crippen LogP contribution in [0.25, 0.3) is 0 Å². The smallest absolute Gasteiger partial charge is 0.205 e. The minimum Gasteiger partial charge on any atom is -0.381 e. The molecule has 4 nitrogen and oxygen atoms in total. The van der Waals surface area contributed by atoms with Crippen LogP contribution < -0.4 is 5.32 Å². The summed E-state index contributed by atoms with van der Waals surface area (Å²) in [7, 11) is 0. The van der Waals surface area contributed by atoms with Gasteiger partial charge < -0.3 is 10.1 Å². The molecule has 14 heavy (non-hydrogen) atoms. The molecule has 5 heteroatoms. The van der Waals surface area contributed by atoms with Gasteiger partial charge in [0.2, 0.25) is 5.13 Å². The van der Waals surface area contributed by atoms with Crippen molar-refractivity contribution in [2.45, 2.75) is 26.7 Å². The second-order valence-electron chi connectivity index (χ2n) is 3.02. The molecule has 0 radical (unpaired) electrons. The molecule has 0 atom stereocenters. The third kappa shape index (κ3) is 4.53. The quantitative estimate of drug-likeness (QED) is 0.707. The van der Waals surface area contributed by atoms with Gasteiger partial charge in [-0.05, 0) is 19.8 Å². The van der Waals surface area contributed by atoms with Gasteiger partial charge >= 0.3 is 0 Å². The molecule has 0 bridgehead atoms. The molecule has 1 aromatic heterocycles. The van der Waals surface area contributed by atoms with Gasteiger partial charge in [-0.2, -0.15) is 0 Å². The van der Waals surface area contributed by atoms with Gasteiger partial charge in [-0.3, -0.25) is 0 Å². The van der Waals surface area contributed by atoms with E-state index < -0.39 is 0 Å². The van der Waals surface area contributed by atoms with E-state index in [2.05, 4.69) is 22.4 Å². The van der Waals surface area contributed by atoms with Crippen molar-refractivity contribution in [3.63, 3.8) is 0 Å². The van der Waals surface area contributed by atoms with Crippen molar-refractivity contribution in [2.75, 3.05) is 25.1 Å². The molecule has 1 aromatic rings. The number of hydrogen-bond donors (Lipinski definition) is 1. The highest BCUT2D eigenvalue weighted by molar-refractivity contribution is 7.15. The zero-order chi connectivity index (χ0) is 10.2. The van der Waals surface area contributed by atoms with Gasteiger partial charge in [0, 0.05) is 19.8 Å². The van der Waals surface area contributed by atoms with Crippen LogP contribution in [0.15, 0.2) is 0 Å². The average Bonchev–Trinajstić information content (AvgIpc) is 2.58. The number of nitrogens with zero attached hydrogens (tertiary/aromatic N) is 2. The first-order valence-corrected chi connectivity index (χ1v) is 5.76. The summed E-state index contributed by atoms with van der Waals surface area (Å²) in [6, 6.07) is 0. The molecule has 0 amide bonds. The average molecular weight is 215 g/mol. The molecule has 1 rings (SSSR count). The van der Waals surface area contributed by atoms with Gasteiger partial charge in [0.05, 0.1) is 0 Å². The van der Waals surface area contributed by atoms with E-state index in [1.807, 2.05) is 6.92 Å². The zero-order valence-electron chi connectivity index (χ0n) is 8.75. The summed E-state index contributed by atoms with van der Waals surface area (Å²) >= 11 is 1.58. The summed E-state index contributed by atoms with van der Waals surface area (Å²) in [5.41, 5.74) is 0. The lowest BCUT2D eigenvalue weighted by Gasteiger charge is -2.02. The Balaban J connectivity index is 1.99. The first kappa shape index (κ1) is 11.4. The van der Waals surface area contributed by atoms with Crippen LogP contribution in [0.4, 0.5) is 5.13 Å². The third-order valence-electron chi connectivity index (χ3n) is 1.62. The minimum atomic E-state index is 0.818. The molecule has 0 aliphatic heterocycles. The largest absolute Gasteiger partial charge is 0.381 e. The van der Waals surface area contributed by atoms with Gasteiger partial charge in [0.25, 0.3) is 0 Å². The fraction of sp³-hybridized carbons (Fsp3) is 0.778. The van der Waals surface area contributed by atoms with Crippen LogP contribution in [0, 0.1) is 6.92 Å². The molecule has 0 saturated heterocycles. The van der Waals surface area contributed by atoms with Crippen LogP contribution in [0.3, 0.4) is 0 Å². The monoisotopic (exact) mass is 215 g/mol. The van der Waals surface area contributed by atoms with Gasteiger partial charge in [-0.15, -0.1) is 10.2 Å². The van der Waals surface area contributed by atoms with Crippen LogP contribution >= 0.6 is 11.3 Å². The van der Waals surface area contributed by atoms with Crippen molar-refractivity contribution in [1.29, 1.82) is 0 Å². The molecular formula is C9H17N3OS. The Bertz CT molecular complexity index is 252. The highest BCUT2D eigenvalue weighted by atomic mass is 32.1. The fourth-order valence-electron chi connectivity index (χ4n) is 0.984. The Labute approximate surface area is 88.7 Å². The van der Waals surface area contributed by atoms with Crippen molar-refractivity contribution < 1.29 is 4.74 Å². The van der Waals surface area contributed by atoms with Crippen molar-refractivity contribution in [3.05, 3.63) is 5.01 Å². The molecule has 1 N–H and O–H groups in total. The second-order valence-corrected chi connectivity index (χ2v) is 4.20. The van der Waals surface area contributed by atoms with Gasteiger partial charge in [0.15, 0.2) is 0 Å². The van der Waals surface area contributed by atoms with Crippen molar-refractivity contribution in [2.24, 2.45) is 0 Å². The lowest BCUT2D eigenvalue weighted by Crippen LogP contribution is -2.05. The van der Waals surface area contributed by atoms with Crippen molar-refractivity contribution >= 4 is 16.5 Å². The normalized spacial score (nSPS) is 10.4. The number of rotatable bonds is 7. The van der Waals surface area contributed by atoms with E-state index in [1.165, 1.54) is 0 Å². The number of hydrogen-bond acceptors (Lipinski definition) is 5. The minimum absolute atomic E-state index is 0.818. The lowest BCUT2D eigenvalue weighted by atomic mass is 10.4. The fourth-order valence-corrected chi connectivity index (χ4v) is 1.60. The van der Waals surface area contributed by atoms with E-state index in [1.54, 1.807) is 11.3 Å². The molecule has 80 valence electrons.